The van der Waals surface area contributed by atoms with Gasteiger partial charge in [0.25, 0.3) is 0 Å². The summed E-state index contributed by atoms with van der Waals surface area (Å²) in [5.74, 6) is 0. The number of hydrogen-bond acceptors (Lipinski definition) is 1. The van der Waals surface area contributed by atoms with E-state index in [1.54, 1.807) is 0 Å². The van der Waals surface area contributed by atoms with E-state index in [0.717, 1.165) is 22.7 Å². The van der Waals surface area contributed by atoms with Crippen LogP contribution in [-0.2, 0) is 5.41 Å². The number of aromatic nitrogens is 1. The smallest absolute Gasteiger partial charge is 0.0725 e. The molecule has 65 heavy (non-hydrogen) atoms. The molecule has 0 saturated carbocycles. The van der Waals surface area contributed by atoms with E-state index < -0.39 is 5.41 Å². The fourth-order valence-electron chi connectivity index (χ4n) is 11.0. The quantitative estimate of drug-likeness (QED) is 0.162. The molecule has 0 radical (unpaired) electrons. The summed E-state index contributed by atoms with van der Waals surface area (Å²) < 4.78 is 2.38. The monoisotopic (exact) mass is 826 g/mol. The molecule has 0 fully saturated rings. The van der Waals surface area contributed by atoms with Crippen molar-refractivity contribution in [3.05, 3.63) is 276 Å². The van der Waals surface area contributed by atoms with Crippen LogP contribution in [0.4, 0.5) is 17.1 Å². The highest BCUT2D eigenvalue weighted by Crippen LogP contribution is 2.59. The van der Waals surface area contributed by atoms with Crippen LogP contribution >= 0.6 is 0 Å². The first-order chi connectivity index (χ1) is 32.2. The summed E-state index contributed by atoms with van der Waals surface area (Å²) in [5.41, 5.74) is 21.6. The van der Waals surface area contributed by atoms with Crippen molar-refractivity contribution in [3.8, 4) is 39.1 Å². The van der Waals surface area contributed by atoms with E-state index in [0.29, 0.717) is 0 Å². The molecule has 2 aliphatic carbocycles. The SMILES string of the molecule is C1=Cc2ccccc2C2(c3ccccc31)c1ccccc1-c1cc(-c3ccc(N(c4ccc(-c5ccccc5)cc4)c4ccc5c(c4)c4ccccc4n5-c4ccccc4)cc3)ccc12. The average Bonchev–Trinajstić information content (AvgIpc) is 3.81. The minimum atomic E-state index is -0.434. The second-order valence-corrected chi connectivity index (χ2v) is 17.2. The van der Waals surface area contributed by atoms with Gasteiger partial charge >= 0.3 is 0 Å². The molecule has 2 nitrogen and oxygen atoms in total. The maximum Gasteiger partial charge on any atom is 0.0725 e. The molecule has 304 valence electrons. The van der Waals surface area contributed by atoms with Gasteiger partial charge in [-0.15, -0.1) is 0 Å². The second-order valence-electron chi connectivity index (χ2n) is 17.2. The maximum absolute atomic E-state index is 2.43. The van der Waals surface area contributed by atoms with Crippen LogP contribution in [0.3, 0.4) is 0 Å². The van der Waals surface area contributed by atoms with Gasteiger partial charge in [-0.2, -0.15) is 0 Å². The molecule has 1 heterocycles. The predicted molar refractivity (Wildman–Crippen MR) is 273 cm³/mol. The predicted octanol–water partition coefficient (Wildman–Crippen LogP) is 16.4. The maximum atomic E-state index is 2.43. The molecule has 1 aromatic heterocycles. The van der Waals surface area contributed by atoms with Crippen molar-refractivity contribution in [1.29, 1.82) is 0 Å². The highest BCUT2D eigenvalue weighted by atomic mass is 15.1. The lowest BCUT2D eigenvalue weighted by atomic mass is 9.66. The topological polar surface area (TPSA) is 8.17 Å². The molecule has 10 aromatic carbocycles. The molecular weight excluding hydrogens is 785 g/mol. The molecule has 11 aromatic rings. The zero-order chi connectivity index (χ0) is 42.9. The molecule has 2 aliphatic rings. The lowest BCUT2D eigenvalue weighted by Crippen LogP contribution is -2.29. The molecule has 0 bridgehead atoms. The third kappa shape index (κ3) is 5.74. The van der Waals surface area contributed by atoms with Gasteiger partial charge in [-0.3, -0.25) is 0 Å². The first kappa shape index (κ1) is 37.1. The van der Waals surface area contributed by atoms with Crippen LogP contribution in [0.2, 0.25) is 0 Å². The van der Waals surface area contributed by atoms with Crippen molar-refractivity contribution < 1.29 is 0 Å². The van der Waals surface area contributed by atoms with Crippen molar-refractivity contribution in [2.75, 3.05) is 4.90 Å². The summed E-state index contributed by atoms with van der Waals surface area (Å²) in [6, 6.07) is 89.2. The summed E-state index contributed by atoms with van der Waals surface area (Å²) in [5, 5.41) is 2.45. The summed E-state index contributed by atoms with van der Waals surface area (Å²) in [7, 11) is 0. The van der Waals surface area contributed by atoms with Gasteiger partial charge in [0.15, 0.2) is 0 Å². The highest BCUT2D eigenvalue weighted by Gasteiger charge is 2.48. The molecule has 0 aliphatic heterocycles. The van der Waals surface area contributed by atoms with Crippen LogP contribution in [0, 0.1) is 0 Å². The largest absolute Gasteiger partial charge is 0.310 e. The van der Waals surface area contributed by atoms with Gasteiger partial charge in [-0.1, -0.05) is 188 Å². The van der Waals surface area contributed by atoms with E-state index >= 15 is 0 Å². The first-order valence-corrected chi connectivity index (χ1v) is 22.5. The lowest BCUT2D eigenvalue weighted by molar-refractivity contribution is 0.766. The van der Waals surface area contributed by atoms with Gasteiger partial charge in [0.2, 0.25) is 0 Å². The fraction of sp³-hybridized carbons (Fsp3) is 0.0159. The van der Waals surface area contributed by atoms with Crippen LogP contribution in [0.15, 0.2) is 243 Å². The van der Waals surface area contributed by atoms with Gasteiger partial charge in [-0.25, -0.2) is 0 Å². The number of rotatable bonds is 6. The average molecular weight is 827 g/mol. The van der Waals surface area contributed by atoms with Gasteiger partial charge in [0.05, 0.1) is 16.4 Å². The van der Waals surface area contributed by atoms with E-state index in [9.17, 15) is 0 Å². The van der Waals surface area contributed by atoms with Crippen LogP contribution in [0.5, 0.6) is 0 Å². The van der Waals surface area contributed by atoms with Gasteiger partial charge < -0.3 is 9.47 Å². The molecule has 2 heteroatoms. The molecule has 0 N–H and O–H groups in total. The first-order valence-electron chi connectivity index (χ1n) is 22.5. The Balaban J connectivity index is 0.942. The van der Waals surface area contributed by atoms with Crippen LogP contribution in [0.25, 0.3) is 73.0 Å². The standard InChI is InChI=1S/C63H42N2/c1-3-15-43(16-4-1)44-29-34-50(35-30-44)64(52-38-40-62-56(42-52)54-22-10-14-26-61(54)65(62)49-19-5-2-6-20-49)51-36-31-45(32-37-51)48-33-39-60-55(41-48)53-21-9-13-25-59(53)63(60)57-23-11-7-17-46(57)27-28-47-18-8-12-24-58(47)63/h1-42H. The van der Waals surface area contributed by atoms with E-state index in [1.165, 1.54) is 88.6 Å². The minimum absolute atomic E-state index is 0.434. The van der Waals surface area contributed by atoms with Crippen LogP contribution in [0.1, 0.15) is 33.4 Å². The summed E-state index contributed by atoms with van der Waals surface area (Å²) in [4.78, 5) is 2.39. The Labute approximate surface area is 379 Å². The number of anilines is 3. The Morgan fingerprint density at radius 1 is 0.308 bits per heavy atom. The Morgan fingerprint density at radius 2 is 0.800 bits per heavy atom. The third-order valence-electron chi connectivity index (χ3n) is 13.8. The Morgan fingerprint density at radius 3 is 1.49 bits per heavy atom. The van der Waals surface area contributed by atoms with Crippen molar-refractivity contribution in [1.82, 2.24) is 4.57 Å². The van der Waals surface area contributed by atoms with E-state index in [4.69, 9.17) is 0 Å². The Bertz CT molecular complexity index is 3580. The Kier molecular flexibility index (Phi) is 8.47. The summed E-state index contributed by atoms with van der Waals surface area (Å²) >= 11 is 0. The number of para-hydroxylation sites is 2. The van der Waals surface area contributed by atoms with Crippen molar-refractivity contribution in [2.24, 2.45) is 0 Å². The Hall–Kier alpha value is -8.46. The van der Waals surface area contributed by atoms with E-state index in [1.807, 2.05) is 0 Å². The second kappa shape index (κ2) is 14.8. The zero-order valence-electron chi connectivity index (χ0n) is 35.6. The van der Waals surface area contributed by atoms with E-state index in [2.05, 4.69) is 264 Å². The fourth-order valence-corrected chi connectivity index (χ4v) is 11.0. The van der Waals surface area contributed by atoms with Crippen molar-refractivity contribution in [3.63, 3.8) is 0 Å². The number of nitrogens with zero attached hydrogens (tertiary/aromatic N) is 2. The molecule has 0 saturated heterocycles. The number of hydrogen-bond donors (Lipinski definition) is 0. The summed E-state index contributed by atoms with van der Waals surface area (Å²) in [6.07, 6.45) is 4.59. The van der Waals surface area contributed by atoms with Crippen molar-refractivity contribution >= 4 is 51.0 Å². The number of benzene rings is 10. The third-order valence-corrected chi connectivity index (χ3v) is 13.8. The van der Waals surface area contributed by atoms with Crippen LogP contribution < -0.4 is 4.90 Å². The normalized spacial score (nSPS) is 13.0. The zero-order valence-corrected chi connectivity index (χ0v) is 35.6. The highest BCUT2D eigenvalue weighted by molar-refractivity contribution is 6.10. The molecule has 0 amide bonds. The minimum Gasteiger partial charge on any atom is -0.310 e. The lowest BCUT2D eigenvalue weighted by Gasteiger charge is -2.35. The molecular formula is C63H42N2. The molecule has 13 rings (SSSR count). The molecule has 1 spiro atoms. The van der Waals surface area contributed by atoms with Gasteiger partial charge in [0.1, 0.15) is 0 Å². The van der Waals surface area contributed by atoms with E-state index in [-0.39, 0.29) is 0 Å². The van der Waals surface area contributed by atoms with Gasteiger partial charge in [0, 0.05) is 33.5 Å². The summed E-state index contributed by atoms with van der Waals surface area (Å²) in [6.45, 7) is 0. The van der Waals surface area contributed by atoms with Gasteiger partial charge in [-0.05, 0) is 133 Å². The number of fused-ring (bicyclic) bond motifs is 12. The van der Waals surface area contributed by atoms with Crippen molar-refractivity contribution in [2.45, 2.75) is 5.41 Å². The molecule has 0 atom stereocenters. The van der Waals surface area contributed by atoms with Crippen LogP contribution in [-0.4, -0.2) is 4.57 Å². The molecule has 0 unspecified atom stereocenters.